The van der Waals surface area contributed by atoms with Crippen LogP contribution in [0.15, 0.2) is 109 Å². The summed E-state index contributed by atoms with van der Waals surface area (Å²) in [5.41, 5.74) is 1.44. The maximum absolute atomic E-state index is 14.7. The first-order valence-electron chi connectivity index (χ1n) is 23.3. The number of aromatic nitrogens is 1. The highest BCUT2D eigenvalue weighted by Gasteiger charge is 2.56. The number of hydrogen-bond acceptors (Lipinski definition) is 9. The van der Waals surface area contributed by atoms with Crippen LogP contribution in [0, 0.1) is 11.8 Å². The summed E-state index contributed by atoms with van der Waals surface area (Å²) in [6.07, 6.45) is 5.99. The van der Waals surface area contributed by atoms with Crippen molar-refractivity contribution in [3.8, 4) is 17.2 Å². The molecule has 0 radical (unpaired) electrons. The minimum atomic E-state index is -3.14. The Morgan fingerprint density at radius 2 is 1.55 bits per heavy atom. The molecule has 5 heterocycles. The van der Waals surface area contributed by atoms with E-state index in [4.69, 9.17) is 42.1 Å². The van der Waals surface area contributed by atoms with Crippen LogP contribution in [-0.4, -0.2) is 89.1 Å². The lowest BCUT2D eigenvalue weighted by Crippen LogP contribution is -2.57. The number of nitrogens with zero attached hydrogens (tertiary/aromatic N) is 3. The van der Waals surface area contributed by atoms with E-state index in [0.29, 0.717) is 33.9 Å². The van der Waals surface area contributed by atoms with Crippen LogP contribution in [0.4, 0.5) is 13.6 Å². The summed E-state index contributed by atoms with van der Waals surface area (Å²) >= 11 is 13.3. The van der Waals surface area contributed by atoms with Gasteiger partial charge in [-0.3, -0.25) is 14.9 Å². The average molecular weight is 987 g/mol. The second kappa shape index (κ2) is 20.8. The van der Waals surface area contributed by atoms with E-state index >= 15 is 0 Å². The van der Waals surface area contributed by atoms with Crippen LogP contribution in [0.2, 0.25) is 10.0 Å². The molecule has 2 bridgehead atoms. The van der Waals surface area contributed by atoms with Crippen LogP contribution in [-0.2, 0) is 22.6 Å². The van der Waals surface area contributed by atoms with Crippen molar-refractivity contribution in [2.24, 2.45) is 11.8 Å². The van der Waals surface area contributed by atoms with Gasteiger partial charge in [0.15, 0.2) is 11.5 Å². The van der Waals surface area contributed by atoms with E-state index in [-0.39, 0.29) is 71.7 Å². The molecule has 362 valence electrons. The second-order valence-electron chi connectivity index (χ2n) is 18.3. The van der Waals surface area contributed by atoms with Crippen LogP contribution in [0.25, 0.3) is 0 Å². The number of alkyl carbamates (subject to hydrolysis) is 1. The van der Waals surface area contributed by atoms with Gasteiger partial charge in [0.1, 0.15) is 34.0 Å². The first-order chi connectivity index (χ1) is 33.3. The lowest BCUT2D eigenvalue weighted by molar-refractivity contribution is -0.904. The number of piperidine rings is 3. The van der Waals surface area contributed by atoms with Crippen molar-refractivity contribution in [1.29, 1.82) is 0 Å². The molecule has 4 saturated heterocycles. The van der Waals surface area contributed by atoms with Crippen LogP contribution in [0.5, 0.6) is 17.2 Å². The molecule has 10 rings (SSSR count). The third-order valence-electron chi connectivity index (χ3n) is 13.9. The Morgan fingerprint density at radius 1 is 0.826 bits per heavy atom. The van der Waals surface area contributed by atoms with Crippen LogP contribution < -0.4 is 24.3 Å². The summed E-state index contributed by atoms with van der Waals surface area (Å²) in [5, 5.41) is 24.7. The van der Waals surface area contributed by atoms with Crippen LogP contribution in [0.1, 0.15) is 88.7 Å². The third kappa shape index (κ3) is 10.9. The van der Waals surface area contributed by atoms with Crippen molar-refractivity contribution < 1.29 is 57.2 Å². The number of nitrogens with one attached hydrogen (secondary N) is 1. The number of hydrogen-bond donors (Lipinski definition) is 3. The largest absolute Gasteiger partial charge is 0.489 e. The Kier molecular flexibility index (Phi) is 14.5. The van der Waals surface area contributed by atoms with Gasteiger partial charge in [0.2, 0.25) is 12.4 Å². The molecule has 4 atom stereocenters. The van der Waals surface area contributed by atoms with Gasteiger partial charge < -0.3 is 34.3 Å². The van der Waals surface area contributed by atoms with Gasteiger partial charge in [-0.2, -0.15) is 8.78 Å². The summed E-state index contributed by atoms with van der Waals surface area (Å²) in [6, 6.07) is 27.6. The molecule has 5 aliphatic rings. The lowest BCUT2D eigenvalue weighted by atomic mass is 9.73. The highest BCUT2D eigenvalue weighted by Crippen LogP contribution is 2.48. The molecule has 13 nitrogen and oxygen atoms in total. The number of pyridine rings is 1. The number of likely N-dealkylation sites (tertiary alicyclic amines) is 1. The van der Waals surface area contributed by atoms with Gasteiger partial charge in [-0.1, -0.05) is 83.9 Å². The SMILES string of the molecule is O=C(N[C@@H](c1ccccc1)c1cccc(OCc2ccc(C(=O)N3CCC[C@@]3(C(=O)O)[C@@H](Cc3c(Cl)c[n+](O)cc3Cl)c3ccc(OC(F)F)c(OCC4CC4)c3)cc2)c1)O[C@H]1CN2CCC1CC2. The number of rotatable bonds is 18. The fourth-order valence-electron chi connectivity index (χ4n) is 10.1. The molecule has 1 aromatic heterocycles. The minimum absolute atomic E-state index is 0.0105. The standard InChI is InChI=1S/C52H52Cl2F2N4O9/c53-42-27-59(65)28-43(54)40(42)26-41(37-16-17-44(68-50(55)56)45(25-37)67-31-32-10-11-32)52(49(62)63)20-5-21-60(52)48(61)36-14-12-33(13-15-36)30-66-39-9-4-8-38(24-39)47(35-6-2-1-3-7-35)57-51(64)69-46-29-58-22-18-34(46)19-23-58/h1-4,6-9,12-17,24-25,27-28,32,34,41,46-47,50H,5,10-11,18-23,26,29-31H2,(H2-,57,62,63,64,65)/p+1/t41-,46-,47-,52-/m0/s1. The van der Waals surface area contributed by atoms with E-state index in [1.165, 1.54) is 35.5 Å². The lowest BCUT2D eigenvalue weighted by Gasteiger charge is -2.43. The quantitative estimate of drug-likeness (QED) is 0.0572. The highest BCUT2D eigenvalue weighted by atomic mass is 35.5. The molecular formula is C52H53Cl2F2N4O9+. The molecule has 1 saturated carbocycles. The number of benzene rings is 4. The predicted octanol–water partition coefficient (Wildman–Crippen LogP) is 9.48. The first-order valence-corrected chi connectivity index (χ1v) is 24.0. The number of halogens is 4. The molecule has 1 aliphatic carbocycles. The molecule has 5 aromatic rings. The average Bonchev–Trinajstić information content (AvgIpc) is 4.07. The van der Waals surface area contributed by atoms with Gasteiger partial charge in [0.25, 0.3) is 5.91 Å². The zero-order valence-electron chi connectivity index (χ0n) is 37.7. The summed E-state index contributed by atoms with van der Waals surface area (Å²) in [5.74, 6) is -1.89. The number of amides is 2. The molecule has 0 unspecified atom stereocenters. The van der Waals surface area contributed by atoms with Crippen LogP contribution in [0.3, 0.4) is 0 Å². The van der Waals surface area contributed by atoms with E-state index in [2.05, 4.69) is 10.2 Å². The number of alkyl halides is 2. The molecule has 2 amide bonds. The number of aliphatic carboxylic acids is 1. The Hall–Kier alpha value is -6.16. The normalized spacial score (nSPS) is 21.6. The van der Waals surface area contributed by atoms with Gasteiger partial charge in [0, 0.05) is 34.9 Å². The van der Waals surface area contributed by atoms with Gasteiger partial charge >= 0.3 is 18.7 Å². The molecule has 17 heteroatoms. The summed E-state index contributed by atoms with van der Waals surface area (Å²) in [4.78, 5) is 45.6. The Labute approximate surface area is 408 Å². The number of ether oxygens (including phenoxy) is 4. The topological polar surface area (TPSA) is 151 Å². The Morgan fingerprint density at radius 3 is 2.22 bits per heavy atom. The molecular weight excluding hydrogens is 933 g/mol. The summed E-state index contributed by atoms with van der Waals surface area (Å²) in [6.45, 7) is 0.181. The number of carboxylic acids is 1. The van der Waals surface area contributed by atoms with Crippen molar-refractivity contribution >= 4 is 41.2 Å². The molecule has 3 N–H and O–H groups in total. The van der Waals surface area contributed by atoms with Gasteiger partial charge in [-0.25, -0.2) is 9.59 Å². The summed E-state index contributed by atoms with van der Waals surface area (Å²) < 4.78 is 50.9. The predicted molar refractivity (Wildman–Crippen MR) is 250 cm³/mol. The number of carbonyl (C=O) groups excluding carboxylic acids is 2. The zero-order valence-corrected chi connectivity index (χ0v) is 39.2. The molecule has 5 fully saturated rings. The van der Waals surface area contributed by atoms with Gasteiger partial charge in [-0.15, -0.1) is 0 Å². The number of carbonyl (C=O) groups is 3. The zero-order chi connectivity index (χ0) is 48.2. The smallest absolute Gasteiger partial charge is 0.408 e. The van der Waals surface area contributed by atoms with E-state index in [1.807, 2.05) is 54.6 Å². The van der Waals surface area contributed by atoms with Crippen molar-refractivity contribution in [3.05, 3.63) is 153 Å². The van der Waals surface area contributed by atoms with Gasteiger partial charge in [-0.05, 0) is 129 Å². The molecule has 4 aromatic carbocycles. The summed E-state index contributed by atoms with van der Waals surface area (Å²) in [7, 11) is 0. The molecule has 0 spiro atoms. The van der Waals surface area contributed by atoms with Crippen LogP contribution >= 0.6 is 23.2 Å². The Bertz CT molecular complexity index is 2630. The van der Waals surface area contributed by atoms with Crippen molar-refractivity contribution in [3.63, 3.8) is 0 Å². The Balaban J connectivity index is 0.942. The van der Waals surface area contributed by atoms with Gasteiger partial charge in [0.05, 0.1) is 12.6 Å². The van der Waals surface area contributed by atoms with E-state index < -0.39 is 42.1 Å². The van der Waals surface area contributed by atoms with E-state index in [1.54, 1.807) is 24.3 Å². The maximum atomic E-state index is 14.7. The fourth-order valence-corrected chi connectivity index (χ4v) is 10.7. The molecule has 69 heavy (non-hydrogen) atoms. The molecule has 4 aliphatic heterocycles. The number of carboxylic acid groups (broad SMARTS) is 1. The first kappa shape index (κ1) is 47.9. The monoisotopic (exact) mass is 985 g/mol. The third-order valence-corrected chi connectivity index (χ3v) is 14.5. The fraction of sp³-hybridized carbons (Fsp3) is 0.385. The maximum Gasteiger partial charge on any atom is 0.408 e. The van der Waals surface area contributed by atoms with Crippen molar-refractivity contribution in [2.45, 2.75) is 81.8 Å². The van der Waals surface area contributed by atoms with E-state index in [9.17, 15) is 33.5 Å². The highest BCUT2D eigenvalue weighted by molar-refractivity contribution is 6.35. The van der Waals surface area contributed by atoms with Crippen molar-refractivity contribution in [1.82, 2.24) is 15.1 Å². The minimum Gasteiger partial charge on any atom is -0.489 e. The van der Waals surface area contributed by atoms with Crippen molar-refractivity contribution in [2.75, 3.05) is 32.8 Å². The second-order valence-corrected chi connectivity index (χ2v) is 19.1. The number of fused-ring (bicyclic) bond motifs is 3. The van der Waals surface area contributed by atoms with E-state index in [0.717, 1.165) is 62.0 Å².